The van der Waals surface area contributed by atoms with Crippen LogP contribution < -0.4 is 5.43 Å². The molecule has 0 saturated heterocycles. The largest absolute Gasteiger partial charge is 0.449 e. The summed E-state index contributed by atoms with van der Waals surface area (Å²) in [5.41, 5.74) is 6.61. The number of aromatic nitrogens is 2. The number of halogens is 3. The minimum Gasteiger partial charge on any atom is -0.449 e. The predicted octanol–water partition coefficient (Wildman–Crippen LogP) is 6.86. The quantitative estimate of drug-likeness (QED) is 0.426. The highest BCUT2D eigenvalue weighted by atomic mass is 35.5. The normalized spacial score (nSPS) is 18.5. The second kappa shape index (κ2) is 8.97. The van der Waals surface area contributed by atoms with Gasteiger partial charge in [-0.3, -0.25) is 9.99 Å². The monoisotopic (exact) mass is 488 g/mol. The molecule has 0 spiro atoms. The highest BCUT2D eigenvalue weighted by molar-refractivity contribution is 6.36. The van der Waals surface area contributed by atoms with Crippen molar-refractivity contribution in [2.75, 3.05) is 0 Å². The summed E-state index contributed by atoms with van der Waals surface area (Å²) in [6.07, 6.45) is 5.43. The van der Waals surface area contributed by atoms with E-state index >= 15 is 0 Å². The van der Waals surface area contributed by atoms with Crippen LogP contribution in [0.15, 0.2) is 47.6 Å². The molecule has 1 fully saturated rings. The summed E-state index contributed by atoms with van der Waals surface area (Å²) in [5, 5.41) is 6.30. The van der Waals surface area contributed by atoms with Crippen molar-refractivity contribution in [1.82, 2.24) is 15.0 Å². The summed E-state index contributed by atoms with van der Waals surface area (Å²) in [6.45, 7) is 2.09. The van der Waals surface area contributed by atoms with Gasteiger partial charge in [-0.05, 0) is 61.7 Å². The van der Waals surface area contributed by atoms with E-state index in [1.807, 2.05) is 36.4 Å². The molecular weight excluding hydrogens is 467 g/mol. The van der Waals surface area contributed by atoms with Crippen LogP contribution in [-0.2, 0) is 11.2 Å². The number of nitrogens with zero attached hydrogens (tertiary/aromatic N) is 3. The van der Waals surface area contributed by atoms with Gasteiger partial charge in [-0.25, -0.2) is 4.98 Å². The SMILES string of the molecule is CCc1c(C2=NNC(C3CCCC3)O2)nc(-c2ccc(Cl)cc2Cl)n1-c1ccc(Cl)cc1. The summed E-state index contributed by atoms with van der Waals surface area (Å²) in [4.78, 5) is 4.99. The Morgan fingerprint density at radius 1 is 1.03 bits per heavy atom. The molecule has 0 amide bonds. The van der Waals surface area contributed by atoms with Crippen molar-refractivity contribution in [2.45, 2.75) is 45.3 Å². The highest BCUT2D eigenvalue weighted by Gasteiger charge is 2.34. The van der Waals surface area contributed by atoms with Gasteiger partial charge in [0.1, 0.15) is 11.5 Å². The van der Waals surface area contributed by atoms with E-state index in [1.54, 1.807) is 6.07 Å². The van der Waals surface area contributed by atoms with Crippen molar-refractivity contribution in [3.8, 4) is 17.1 Å². The van der Waals surface area contributed by atoms with E-state index < -0.39 is 0 Å². The van der Waals surface area contributed by atoms with Crippen molar-refractivity contribution in [2.24, 2.45) is 11.0 Å². The van der Waals surface area contributed by atoms with Gasteiger partial charge in [-0.2, -0.15) is 0 Å². The van der Waals surface area contributed by atoms with Crippen LogP contribution in [0, 0.1) is 5.92 Å². The summed E-state index contributed by atoms with van der Waals surface area (Å²) >= 11 is 18.9. The zero-order valence-corrected chi connectivity index (χ0v) is 19.9. The first-order valence-corrected chi connectivity index (χ1v) is 12.0. The maximum absolute atomic E-state index is 6.59. The molecule has 0 bridgehead atoms. The van der Waals surface area contributed by atoms with Crippen molar-refractivity contribution in [3.63, 3.8) is 0 Å². The Balaban J connectivity index is 1.63. The topological polar surface area (TPSA) is 51.4 Å². The molecule has 1 aromatic heterocycles. The predicted molar refractivity (Wildman–Crippen MR) is 130 cm³/mol. The van der Waals surface area contributed by atoms with E-state index in [2.05, 4.69) is 22.0 Å². The van der Waals surface area contributed by atoms with Crippen LogP contribution >= 0.6 is 34.8 Å². The van der Waals surface area contributed by atoms with Crippen molar-refractivity contribution >= 4 is 40.7 Å². The lowest BCUT2D eigenvalue weighted by molar-refractivity contribution is 0.120. The first-order valence-electron chi connectivity index (χ1n) is 10.9. The van der Waals surface area contributed by atoms with Gasteiger partial charge in [0.15, 0.2) is 6.23 Å². The average Bonchev–Trinajstić information content (AvgIpc) is 3.53. The molecule has 1 N–H and O–H groups in total. The van der Waals surface area contributed by atoms with E-state index in [1.165, 1.54) is 12.8 Å². The lowest BCUT2D eigenvalue weighted by atomic mass is 10.1. The van der Waals surface area contributed by atoms with Crippen LogP contribution in [0.1, 0.15) is 44.0 Å². The number of benzene rings is 2. The van der Waals surface area contributed by atoms with E-state index in [-0.39, 0.29) is 6.23 Å². The summed E-state index contributed by atoms with van der Waals surface area (Å²) in [7, 11) is 0. The van der Waals surface area contributed by atoms with E-state index in [0.29, 0.717) is 32.7 Å². The Morgan fingerprint density at radius 2 is 1.75 bits per heavy atom. The van der Waals surface area contributed by atoms with Crippen LogP contribution in [0.5, 0.6) is 0 Å². The number of hydrogen-bond donors (Lipinski definition) is 1. The van der Waals surface area contributed by atoms with Gasteiger partial charge < -0.3 is 4.74 Å². The van der Waals surface area contributed by atoms with Gasteiger partial charge in [0.2, 0.25) is 0 Å². The third-order valence-electron chi connectivity index (χ3n) is 6.13. The molecule has 1 saturated carbocycles. The fourth-order valence-corrected chi connectivity index (χ4v) is 5.16. The van der Waals surface area contributed by atoms with Gasteiger partial charge in [0.25, 0.3) is 5.90 Å². The zero-order chi connectivity index (χ0) is 22.2. The lowest BCUT2D eigenvalue weighted by Crippen LogP contribution is -2.29. The van der Waals surface area contributed by atoms with Crippen LogP contribution in [0.25, 0.3) is 17.1 Å². The molecule has 1 aliphatic heterocycles. The molecule has 2 aromatic carbocycles. The molecule has 2 aliphatic rings. The fourth-order valence-electron chi connectivity index (χ4n) is 4.54. The Labute approximate surface area is 202 Å². The molecule has 1 atom stereocenters. The Hall–Kier alpha value is -2.21. The molecule has 8 heteroatoms. The molecule has 5 nitrogen and oxygen atoms in total. The number of hydrogen-bond acceptors (Lipinski definition) is 4. The van der Waals surface area contributed by atoms with Gasteiger partial charge in [0.05, 0.1) is 10.7 Å². The Morgan fingerprint density at radius 3 is 2.44 bits per heavy atom. The molecule has 3 aromatic rings. The van der Waals surface area contributed by atoms with Crippen molar-refractivity contribution in [1.29, 1.82) is 0 Å². The zero-order valence-electron chi connectivity index (χ0n) is 17.6. The third-order valence-corrected chi connectivity index (χ3v) is 6.93. The molecule has 2 heterocycles. The van der Waals surface area contributed by atoms with E-state index in [4.69, 9.17) is 44.5 Å². The van der Waals surface area contributed by atoms with Gasteiger partial charge in [-0.15, -0.1) is 5.10 Å². The number of hydrazone groups is 1. The van der Waals surface area contributed by atoms with Crippen molar-refractivity contribution < 1.29 is 4.74 Å². The van der Waals surface area contributed by atoms with Gasteiger partial charge in [0, 0.05) is 27.2 Å². The first-order chi connectivity index (χ1) is 15.5. The maximum Gasteiger partial charge on any atom is 0.260 e. The maximum atomic E-state index is 6.59. The van der Waals surface area contributed by atoms with Crippen LogP contribution in [0.2, 0.25) is 15.1 Å². The molecule has 0 radical (unpaired) electrons. The minimum absolute atomic E-state index is 0.0968. The van der Waals surface area contributed by atoms with E-state index in [0.717, 1.165) is 41.9 Å². The molecule has 166 valence electrons. The second-order valence-corrected chi connectivity index (χ2v) is 9.43. The number of rotatable bonds is 5. The Bertz CT molecular complexity index is 1170. The van der Waals surface area contributed by atoms with Crippen molar-refractivity contribution in [3.05, 3.63) is 68.9 Å². The van der Waals surface area contributed by atoms with Crippen LogP contribution in [-0.4, -0.2) is 21.7 Å². The second-order valence-electron chi connectivity index (χ2n) is 8.15. The third kappa shape index (κ3) is 3.98. The first kappa shape index (κ1) is 21.6. The summed E-state index contributed by atoms with van der Waals surface area (Å²) < 4.78 is 8.36. The average molecular weight is 490 g/mol. The van der Waals surface area contributed by atoms with Gasteiger partial charge >= 0.3 is 0 Å². The number of nitrogens with one attached hydrogen (secondary N) is 1. The van der Waals surface area contributed by atoms with Gasteiger partial charge in [-0.1, -0.05) is 54.6 Å². The molecule has 1 aliphatic carbocycles. The summed E-state index contributed by atoms with van der Waals surface area (Å²) in [5.74, 6) is 1.71. The fraction of sp³-hybridized carbons (Fsp3) is 0.333. The van der Waals surface area contributed by atoms with Crippen LogP contribution in [0.3, 0.4) is 0 Å². The lowest BCUT2D eigenvalue weighted by Gasteiger charge is -2.17. The van der Waals surface area contributed by atoms with Crippen LogP contribution in [0.4, 0.5) is 0 Å². The molecule has 32 heavy (non-hydrogen) atoms. The molecular formula is C24H23Cl3N4O. The Kier molecular flexibility index (Phi) is 6.06. The standard InChI is InChI=1S/C24H23Cl3N4O/c1-2-20-21(24-30-29-23(32-24)14-5-3-4-6-14)28-22(18-12-9-16(26)13-19(18)27)31(20)17-10-7-15(25)8-11-17/h7-14,23,29H,2-6H2,1H3. The smallest absolute Gasteiger partial charge is 0.260 e. The van der Waals surface area contributed by atoms with E-state index in [9.17, 15) is 0 Å². The number of imidazole rings is 1. The molecule has 5 rings (SSSR count). The molecule has 1 unspecified atom stereocenters. The highest BCUT2D eigenvalue weighted by Crippen LogP contribution is 2.35. The summed E-state index contributed by atoms with van der Waals surface area (Å²) in [6, 6.07) is 13.1. The minimum atomic E-state index is -0.0968. The number of ether oxygens (including phenoxy) is 1.